The van der Waals surface area contributed by atoms with Crippen LogP contribution in [0, 0.1) is 17.6 Å². The number of hydrogen-bond donors (Lipinski definition) is 1. The minimum atomic E-state index is -0.712. The molecule has 1 atom stereocenters. The molecule has 0 bridgehead atoms. The molecular weight excluding hydrogens is 228 g/mol. The Bertz CT molecular complexity index is 407. The molecule has 0 amide bonds. The third kappa shape index (κ3) is 3.41. The zero-order valence-corrected chi connectivity index (χ0v) is 9.96. The van der Waals surface area contributed by atoms with Crippen molar-refractivity contribution in [2.24, 2.45) is 5.92 Å². The first-order valence-electron chi connectivity index (χ1n) is 5.25. The molecule has 0 heterocycles. The number of benzene rings is 1. The van der Waals surface area contributed by atoms with Crippen LogP contribution in [-0.4, -0.2) is 19.1 Å². The van der Waals surface area contributed by atoms with Crippen LogP contribution in [0.3, 0.4) is 0 Å². The van der Waals surface area contributed by atoms with Crippen LogP contribution >= 0.6 is 0 Å². The minimum absolute atomic E-state index is 0.0471. The van der Waals surface area contributed by atoms with Crippen molar-refractivity contribution in [1.82, 2.24) is 0 Å². The fourth-order valence-electron chi connectivity index (χ4n) is 1.40. The van der Waals surface area contributed by atoms with Gasteiger partial charge in [-0.15, -0.1) is 0 Å². The SMILES string of the molecule is COC(=O)C(Nc1cc(F)ccc1F)C(C)C. The number of methoxy groups -OCH3 is 1. The second kappa shape index (κ2) is 5.61. The van der Waals surface area contributed by atoms with Crippen LogP contribution in [0.1, 0.15) is 13.8 Å². The van der Waals surface area contributed by atoms with E-state index >= 15 is 0 Å². The summed E-state index contributed by atoms with van der Waals surface area (Å²) in [7, 11) is 1.25. The Morgan fingerprint density at radius 1 is 1.35 bits per heavy atom. The van der Waals surface area contributed by atoms with E-state index in [0.717, 1.165) is 18.2 Å². The van der Waals surface area contributed by atoms with Crippen molar-refractivity contribution in [1.29, 1.82) is 0 Å². The Labute approximate surface area is 98.8 Å². The van der Waals surface area contributed by atoms with Crippen LogP contribution in [0.4, 0.5) is 14.5 Å². The number of carbonyl (C=O) groups excluding carboxylic acids is 1. The Kier molecular flexibility index (Phi) is 4.43. The van der Waals surface area contributed by atoms with Gasteiger partial charge in [0.2, 0.25) is 0 Å². The Hall–Kier alpha value is -1.65. The van der Waals surface area contributed by atoms with Crippen LogP contribution < -0.4 is 5.32 Å². The Balaban J connectivity index is 2.93. The molecule has 0 aliphatic carbocycles. The lowest BCUT2D eigenvalue weighted by Gasteiger charge is -2.21. The van der Waals surface area contributed by atoms with Gasteiger partial charge in [-0.05, 0) is 24.1 Å². The van der Waals surface area contributed by atoms with Crippen molar-refractivity contribution in [2.75, 3.05) is 12.4 Å². The zero-order valence-electron chi connectivity index (χ0n) is 9.96. The summed E-state index contributed by atoms with van der Waals surface area (Å²) in [6.07, 6.45) is 0. The molecule has 0 aliphatic heterocycles. The van der Waals surface area contributed by atoms with E-state index in [0.29, 0.717) is 0 Å². The molecule has 1 aromatic carbocycles. The minimum Gasteiger partial charge on any atom is -0.467 e. The van der Waals surface area contributed by atoms with Gasteiger partial charge in [-0.25, -0.2) is 13.6 Å². The topological polar surface area (TPSA) is 38.3 Å². The molecule has 0 aromatic heterocycles. The number of halogens is 2. The monoisotopic (exact) mass is 243 g/mol. The summed E-state index contributed by atoms with van der Waals surface area (Å²) in [4.78, 5) is 11.5. The fourth-order valence-corrected chi connectivity index (χ4v) is 1.40. The maximum atomic E-state index is 13.4. The predicted molar refractivity (Wildman–Crippen MR) is 60.6 cm³/mol. The zero-order chi connectivity index (χ0) is 13.0. The van der Waals surface area contributed by atoms with E-state index in [1.54, 1.807) is 13.8 Å². The summed E-state index contributed by atoms with van der Waals surface area (Å²) in [5.41, 5.74) is -0.0471. The van der Waals surface area contributed by atoms with Gasteiger partial charge in [0.05, 0.1) is 12.8 Å². The van der Waals surface area contributed by atoms with Crippen molar-refractivity contribution in [3.8, 4) is 0 Å². The van der Waals surface area contributed by atoms with Gasteiger partial charge in [0.1, 0.15) is 17.7 Å². The molecule has 0 radical (unpaired) electrons. The van der Waals surface area contributed by atoms with Gasteiger partial charge in [0, 0.05) is 0 Å². The largest absolute Gasteiger partial charge is 0.467 e. The highest BCUT2D eigenvalue weighted by Crippen LogP contribution is 2.19. The summed E-state index contributed by atoms with van der Waals surface area (Å²) in [6.45, 7) is 3.57. The van der Waals surface area contributed by atoms with E-state index in [1.165, 1.54) is 7.11 Å². The molecule has 0 saturated heterocycles. The Morgan fingerprint density at radius 2 is 2.00 bits per heavy atom. The molecule has 3 nitrogen and oxygen atoms in total. The van der Waals surface area contributed by atoms with Crippen molar-refractivity contribution < 1.29 is 18.3 Å². The van der Waals surface area contributed by atoms with Crippen LogP contribution in [0.25, 0.3) is 0 Å². The number of hydrogen-bond acceptors (Lipinski definition) is 3. The maximum absolute atomic E-state index is 13.4. The molecule has 1 unspecified atom stereocenters. The molecular formula is C12H15F2NO2. The highest BCUT2D eigenvalue weighted by atomic mass is 19.1. The first-order chi connectivity index (χ1) is 7.95. The van der Waals surface area contributed by atoms with Crippen LogP contribution in [-0.2, 0) is 9.53 Å². The highest BCUT2D eigenvalue weighted by Gasteiger charge is 2.23. The van der Waals surface area contributed by atoms with E-state index in [4.69, 9.17) is 0 Å². The van der Waals surface area contributed by atoms with Gasteiger partial charge in [-0.2, -0.15) is 0 Å². The van der Waals surface area contributed by atoms with Gasteiger partial charge in [-0.1, -0.05) is 13.8 Å². The highest BCUT2D eigenvalue weighted by molar-refractivity contribution is 5.79. The molecule has 0 aliphatic rings. The molecule has 17 heavy (non-hydrogen) atoms. The number of nitrogens with one attached hydrogen (secondary N) is 1. The number of esters is 1. The van der Waals surface area contributed by atoms with Gasteiger partial charge < -0.3 is 10.1 Å². The van der Waals surface area contributed by atoms with Crippen molar-refractivity contribution in [3.05, 3.63) is 29.8 Å². The smallest absolute Gasteiger partial charge is 0.328 e. The van der Waals surface area contributed by atoms with Crippen LogP contribution in [0.15, 0.2) is 18.2 Å². The summed E-state index contributed by atoms with van der Waals surface area (Å²) < 4.78 is 30.9. The van der Waals surface area contributed by atoms with E-state index in [1.807, 2.05) is 0 Å². The first-order valence-corrected chi connectivity index (χ1v) is 5.25. The molecule has 5 heteroatoms. The van der Waals surface area contributed by atoms with Gasteiger partial charge >= 0.3 is 5.97 Å². The van der Waals surface area contributed by atoms with Crippen LogP contribution in [0.2, 0.25) is 0 Å². The van der Waals surface area contributed by atoms with E-state index in [2.05, 4.69) is 10.1 Å². The normalized spacial score (nSPS) is 12.4. The average molecular weight is 243 g/mol. The molecule has 0 spiro atoms. The lowest BCUT2D eigenvalue weighted by molar-refractivity contribution is -0.142. The average Bonchev–Trinajstić information content (AvgIpc) is 2.28. The lowest BCUT2D eigenvalue weighted by Crippen LogP contribution is -2.35. The van der Waals surface area contributed by atoms with Gasteiger partial charge in [0.25, 0.3) is 0 Å². The van der Waals surface area contributed by atoms with Crippen molar-refractivity contribution in [3.63, 3.8) is 0 Å². The summed E-state index contributed by atoms with van der Waals surface area (Å²) in [6, 6.07) is 2.32. The maximum Gasteiger partial charge on any atom is 0.328 e. The van der Waals surface area contributed by atoms with Crippen LogP contribution in [0.5, 0.6) is 0 Å². The number of carbonyl (C=O) groups is 1. The fraction of sp³-hybridized carbons (Fsp3) is 0.417. The van der Waals surface area contributed by atoms with E-state index in [-0.39, 0.29) is 11.6 Å². The van der Waals surface area contributed by atoms with Gasteiger partial charge in [0.15, 0.2) is 0 Å². The van der Waals surface area contributed by atoms with Crippen molar-refractivity contribution in [2.45, 2.75) is 19.9 Å². The molecule has 0 fully saturated rings. The number of anilines is 1. The first kappa shape index (κ1) is 13.4. The summed E-state index contributed by atoms with van der Waals surface area (Å²) >= 11 is 0. The second-order valence-corrected chi connectivity index (χ2v) is 4.01. The third-order valence-electron chi connectivity index (χ3n) is 2.36. The van der Waals surface area contributed by atoms with E-state index in [9.17, 15) is 13.6 Å². The molecule has 1 N–H and O–H groups in total. The molecule has 1 rings (SSSR count). The standard InChI is InChI=1S/C12H15F2NO2/c1-7(2)11(12(16)17-3)15-10-6-8(13)4-5-9(10)14/h4-7,11,15H,1-3H3. The second-order valence-electron chi connectivity index (χ2n) is 4.01. The Morgan fingerprint density at radius 3 is 2.53 bits per heavy atom. The van der Waals surface area contributed by atoms with Gasteiger partial charge in [-0.3, -0.25) is 0 Å². The molecule has 0 saturated carbocycles. The number of rotatable bonds is 4. The summed E-state index contributed by atoms with van der Waals surface area (Å²) in [5.74, 6) is -1.80. The predicted octanol–water partition coefficient (Wildman–Crippen LogP) is 2.57. The van der Waals surface area contributed by atoms with Crippen molar-refractivity contribution >= 4 is 11.7 Å². The lowest BCUT2D eigenvalue weighted by atomic mass is 10.0. The third-order valence-corrected chi connectivity index (χ3v) is 2.36. The number of ether oxygens (including phenoxy) is 1. The molecule has 94 valence electrons. The quantitative estimate of drug-likeness (QED) is 0.826. The molecule has 1 aromatic rings. The summed E-state index contributed by atoms with van der Waals surface area (Å²) in [5, 5.41) is 2.65. The van der Waals surface area contributed by atoms with E-state index < -0.39 is 23.6 Å².